The fourth-order valence-electron chi connectivity index (χ4n) is 2.89. The summed E-state index contributed by atoms with van der Waals surface area (Å²) in [7, 11) is 0. The number of benzene rings is 2. The number of para-hydroxylation sites is 2. The molecule has 27 heavy (non-hydrogen) atoms. The fourth-order valence-corrected chi connectivity index (χ4v) is 2.89. The Morgan fingerprint density at radius 2 is 1.52 bits per heavy atom. The fraction of sp³-hybridized carbons (Fsp3) is 0.0952. The van der Waals surface area contributed by atoms with Crippen molar-refractivity contribution in [3.63, 3.8) is 0 Å². The summed E-state index contributed by atoms with van der Waals surface area (Å²) >= 11 is 0. The van der Waals surface area contributed by atoms with Crippen molar-refractivity contribution in [3.05, 3.63) is 73.1 Å². The lowest BCUT2D eigenvalue weighted by atomic mass is 10.2. The monoisotopic (exact) mass is 358 g/mol. The highest BCUT2D eigenvalue weighted by Crippen LogP contribution is 2.23. The van der Waals surface area contributed by atoms with Gasteiger partial charge in [0.05, 0.1) is 17.7 Å². The van der Waals surface area contributed by atoms with Gasteiger partial charge in [-0.25, -0.2) is 4.79 Å². The van der Waals surface area contributed by atoms with Crippen LogP contribution in [0.15, 0.2) is 73.1 Å². The number of ether oxygens (including phenoxy) is 1. The largest absolute Gasteiger partial charge is 0.489 e. The van der Waals surface area contributed by atoms with Crippen LogP contribution in [0.5, 0.6) is 5.75 Å². The van der Waals surface area contributed by atoms with Crippen molar-refractivity contribution in [2.75, 3.05) is 18.5 Å². The Morgan fingerprint density at radius 3 is 2.33 bits per heavy atom. The average molecular weight is 358 g/mol. The number of fused-ring (bicyclic) bond motifs is 2. The van der Waals surface area contributed by atoms with Gasteiger partial charge in [0.2, 0.25) is 0 Å². The molecule has 0 bridgehead atoms. The predicted molar refractivity (Wildman–Crippen MR) is 106 cm³/mol. The number of pyridine rings is 2. The molecular formula is C21H18N4O2. The average Bonchev–Trinajstić information content (AvgIpc) is 2.71. The second-order valence-corrected chi connectivity index (χ2v) is 5.94. The van der Waals surface area contributed by atoms with Crippen LogP contribution in [-0.4, -0.2) is 29.2 Å². The second kappa shape index (κ2) is 7.70. The summed E-state index contributed by atoms with van der Waals surface area (Å²) in [5, 5.41) is 7.62. The van der Waals surface area contributed by atoms with Crippen LogP contribution in [0.25, 0.3) is 21.8 Å². The molecule has 0 spiro atoms. The minimum Gasteiger partial charge on any atom is -0.489 e. The quantitative estimate of drug-likeness (QED) is 0.529. The number of hydrogen-bond acceptors (Lipinski definition) is 4. The highest BCUT2D eigenvalue weighted by molar-refractivity contribution is 5.99. The van der Waals surface area contributed by atoms with Crippen molar-refractivity contribution in [2.45, 2.75) is 0 Å². The number of hydrogen-bond donors (Lipinski definition) is 2. The molecule has 0 atom stereocenters. The van der Waals surface area contributed by atoms with Crippen LogP contribution in [0.2, 0.25) is 0 Å². The van der Waals surface area contributed by atoms with Crippen molar-refractivity contribution in [3.8, 4) is 5.75 Å². The first-order valence-corrected chi connectivity index (χ1v) is 8.66. The van der Waals surface area contributed by atoms with E-state index in [9.17, 15) is 4.79 Å². The summed E-state index contributed by atoms with van der Waals surface area (Å²) in [6.07, 6.45) is 3.44. The minimum atomic E-state index is -0.298. The summed E-state index contributed by atoms with van der Waals surface area (Å²) in [5.74, 6) is 0.702. The van der Waals surface area contributed by atoms with Crippen LogP contribution in [-0.2, 0) is 0 Å². The number of anilines is 1. The van der Waals surface area contributed by atoms with E-state index >= 15 is 0 Å². The van der Waals surface area contributed by atoms with E-state index < -0.39 is 0 Å². The van der Waals surface area contributed by atoms with Gasteiger partial charge in [0.25, 0.3) is 0 Å². The summed E-state index contributed by atoms with van der Waals surface area (Å²) in [6, 6.07) is 18.8. The van der Waals surface area contributed by atoms with Gasteiger partial charge in [-0.1, -0.05) is 36.4 Å². The van der Waals surface area contributed by atoms with Gasteiger partial charge in [0, 0.05) is 23.2 Å². The third-order valence-electron chi connectivity index (χ3n) is 4.12. The summed E-state index contributed by atoms with van der Waals surface area (Å²) < 4.78 is 5.77. The summed E-state index contributed by atoms with van der Waals surface area (Å²) in [5.41, 5.74) is 2.24. The van der Waals surface area contributed by atoms with Gasteiger partial charge >= 0.3 is 6.03 Å². The molecule has 4 rings (SSSR count). The molecule has 0 aliphatic heterocycles. The molecule has 6 heteroatoms. The Kier molecular flexibility index (Phi) is 4.78. The molecule has 2 aromatic carbocycles. The van der Waals surface area contributed by atoms with Crippen LogP contribution in [0, 0.1) is 0 Å². The van der Waals surface area contributed by atoms with Gasteiger partial charge in [-0.15, -0.1) is 0 Å². The third-order valence-corrected chi connectivity index (χ3v) is 4.12. The number of nitrogens with zero attached hydrogens (tertiary/aromatic N) is 2. The molecule has 2 heterocycles. The van der Waals surface area contributed by atoms with Crippen LogP contribution in [0.3, 0.4) is 0 Å². The Balaban J connectivity index is 1.33. The number of aromatic nitrogens is 2. The van der Waals surface area contributed by atoms with Gasteiger partial charge in [0.1, 0.15) is 17.9 Å². The molecule has 6 nitrogen and oxygen atoms in total. The number of nitrogens with one attached hydrogen (secondary N) is 2. The molecule has 2 N–H and O–H groups in total. The standard InChI is InChI=1S/C21H18N4O2/c26-21(25-17-9-1-5-15-7-3-11-22-19(15)17)24-13-14-27-18-10-2-6-16-8-4-12-23-20(16)18/h1-12H,13-14H2,(H2,24,25,26). The number of urea groups is 1. The Hall–Kier alpha value is -3.67. The molecule has 0 aliphatic rings. The minimum absolute atomic E-state index is 0.298. The molecule has 2 aromatic heterocycles. The first-order chi connectivity index (χ1) is 13.3. The molecule has 0 fully saturated rings. The zero-order valence-corrected chi connectivity index (χ0v) is 14.6. The van der Waals surface area contributed by atoms with Crippen LogP contribution >= 0.6 is 0 Å². The van der Waals surface area contributed by atoms with E-state index in [1.54, 1.807) is 12.4 Å². The van der Waals surface area contributed by atoms with Crippen molar-refractivity contribution in [1.82, 2.24) is 15.3 Å². The molecule has 134 valence electrons. The number of carbonyl (C=O) groups excluding carboxylic acids is 1. The van der Waals surface area contributed by atoms with E-state index in [0.29, 0.717) is 24.6 Å². The van der Waals surface area contributed by atoms with E-state index in [2.05, 4.69) is 20.6 Å². The molecule has 2 amide bonds. The Bertz CT molecular complexity index is 1090. The number of carbonyl (C=O) groups is 1. The lowest BCUT2D eigenvalue weighted by Crippen LogP contribution is -2.32. The van der Waals surface area contributed by atoms with Crippen molar-refractivity contribution in [1.29, 1.82) is 0 Å². The zero-order chi connectivity index (χ0) is 18.5. The predicted octanol–water partition coefficient (Wildman–Crippen LogP) is 3.98. The summed E-state index contributed by atoms with van der Waals surface area (Å²) in [4.78, 5) is 20.8. The highest BCUT2D eigenvalue weighted by Gasteiger charge is 2.06. The van der Waals surface area contributed by atoms with Gasteiger partial charge in [-0.05, 0) is 24.3 Å². The molecule has 0 saturated heterocycles. The van der Waals surface area contributed by atoms with Crippen molar-refractivity contribution >= 4 is 33.5 Å². The number of amides is 2. The maximum absolute atomic E-state index is 12.2. The van der Waals surface area contributed by atoms with E-state index in [-0.39, 0.29) is 6.03 Å². The summed E-state index contributed by atoms with van der Waals surface area (Å²) in [6.45, 7) is 0.712. The Labute approximate surface area is 156 Å². The van der Waals surface area contributed by atoms with Gasteiger partial charge in [-0.2, -0.15) is 0 Å². The zero-order valence-electron chi connectivity index (χ0n) is 14.6. The van der Waals surface area contributed by atoms with Crippen molar-refractivity contribution in [2.24, 2.45) is 0 Å². The van der Waals surface area contributed by atoms with E-state index in [0.717, 1.165) is 21.8 Å². The first-order valence-electron chi connectivity index (χ1n) is 8.66. The molecule has 0 saturated carbocycles. The van der Waals surface area contributed by atoms with Crippen LogP contribution in [0.1, 0.15) is 0 Å². The first kappa shape index (κ1) is 16.8. The topological polar surface area (TPSA) is 76.1 Å². The maximum atomic E-state index is 12.2. The van der Waals surface area contributed by atoms with E-state index in [1.165, 1.54) is 0 Å². The lowest BCUT2D eigenvalue weighted by Gasteiger charge is -2.11. The molecule has 0 radical (unpaired) electrons. The van der Waals surface area contributed by atoms with Gasteiger partial charge in [-0.3, -0.25) is 9.97 Å². The van der Waals surface area contributed by atoms with E-state index in [4.69, 9.17) is 4.74 Å². The third kappa shape index (κ3) is 3.79. The molecular weight excluding hydrogens is 340 g/mol. The molecule has 0 aliphatic carbocycles. The highest BCUT2D eigenvalue weighted by atomic mass is 16.5. The maximum Gasteiger partial charge on any atom is 0.319 e. The molecule has 4 aromatic rings. The Morgan fingerprint density at radius 1 is 0.852 bits per heavy atom. The molecule has 0 unspecified atom stereocenters. The number of rotatable bonds is 5. The van der Waals surface area contributed by atoms with Crippen LogP contribution in [0.4, 0.5) is 10.5 Å². The van der Waals surface area contributed by atoms with E-state index in [1.807, 2.05) is 60.7 Å². The second-order valence-electron chi connectivity index (χ2n) is 5.94. The van der Waals surface area contributed by atoms with Crippen LogP contribution < -0.4 is 15.4 Å². The smallest absolute Gasteiger partial charge is 0.319 e. The van der Waals surface area contributed by atoms with Gasteiger partial charge < -0.3 is 15.4 Å². The SMILES string of the molecule is O=C(NCCOc1cccc2cccnc12)Nc1cccc2cccnc12. The van der Waals surface area contributed by atoms with Gasteiger partial charge in [0.15, 0.2) is 0 Å². The van der Waals surface area contributed by atoms with Crippen molar-refractivity contribution < 1.29 is 9.53 Å². The lowest BCUT2D eigenvalue weighted by molar-refractivity contribution is 0.247. The normalized spacial score (nSPS) is 10.7.